The zero-order valence-electron chi connectivity index (χ0n) is 14.5. The number of aromatic nitrogens is 1. The molecule has 0 saturated carbocycles. The number of carbonyl (C=O) groups is 1. The summed E-state index contributed by atoms with van der Waals surface area (Å²) in [7, 11) is 1.52. The van der Waals surface area contributed by atoms with Gasteiger partial charge in [0.05, 0.1) is 31.0 Å². The summed E-state index contributed by atoms with van der Waals surface area (Å²) in [5.74, 6) is 1.33. The van der Waals surface area contributed by atoms with Crippen molar-refractivity contribution in [2.75, 3.05) is 19.0 Å². The second-order valence-corrected chi connectivity index (χ2v) is 6.57. The van der Waals surface area contributed by atoms with Crippen LogP contribution in [-0.2, 0) is 4.79 Å². The summed E-state index contributed by atoms with van der Waals surface area (Å²) in [6.07, 6.45) is 0.909. The molecule has 7 heteroatoms. The van der Waals surface area contributed by atoms with Gasteiger partial charge >= 0.3 is 0 Å². The first kappa shape index (κ1) is 18.7. The van der Waals surface area contributed by atoms with Gasteiger partial charge in [-0.1, -0.05) is 13.8 Å². The second-order valence-electron chi connectivity index (χ2n) is 5.71. The molecule has 132 valence electrons. The lowest BCUT2D eigenvalue weighted by atomic mass is 10.2. The normalized spacial score (nSPS) is 10.4. The standard InChI is InChI=1S/C18H21N3O3S/c1-12(2)14-11-25-18(20-14)21-17(22)5-4-8-24-15-7-6-13(10-19)9-16(15)23-3/h6-7,9,11-12H,4-5,8H2,1-3H3,(H,20,21,22). The Bertz CT molecular complexity index is 765. The SMILES string of the molecule is COc1cc(C#N)ccc1OCCCC(=O)Nc1nc(C(C)C)cs1. The van der Waals surface area contributed by atoms with E-state index in [1.54, 1.807) is 18.2 Å². The lowest BCUT2D eigenvalue weighted by molar-refractivity contribution is -0.116. The van der Waals surface area contributed by atoms with Crippen molar-refractivity contribution in [2.24, 2.45) is 0 Å². The van der Waals surface area contributed by atoms with Gasteiger partial charge in [0.15, 0.2) is 16.6 Å². The van der Waals surface area contributed by atoms with E-state index in [1.165, 1.54) is 18.4 Å². The highest BCUT2D eigenvalue weighted by Crippen LogP contribution is 2.28. The lowest BCUT2D eigenvalue weighted by Crippen LogP contribution is -2.13. The number of nitrogens with zero attached hydrogens (tertiary/aromatic N) is 2. The van der Waals surface area contributed by atoms with Crippen molar-refractivity contribution in [3.63, 3.8) is 0 Å². The third-order valence-electron chi connectivity index (χ3n) is 3.46. The van der Waals surface area contributed by atoms with Crippen molar-refractivity contribution in [1.82, 2.24) is 4.98 Å². The third-order valence-corrected chi connectivity index (χ3v) is 4.23. The van der Waals surface area contributed by atoms with E-state index in [-0.39, 0.29) is 5.91 Å². The molecule has 25 heavy (non-hydrogen) atoms. The second kappa shape index (κ2) is 9.04. The number of benzene rings is 1. The molecule has 0 fully saturated rings. The van der Waals surface area contributed by atoms with Gasteiger partial charge in [-0.3, -0.25) is 4.79 Å². The molecule has 2 rings (SSSR count). The summed E-state index contributed by atoms with van der Waals surface area (Å²) in [5, 5.41) is 14.3. The number of carbonyl (C=O) groups excluding carboxylic acids is 1. The van der Waals surface area contributed by atoms with Gasteiger partial charge in [0.1, 0.15) is 0 Å². The van der Waals surface area contributed by atoms with Crippen LogP contribution < -0.4 is 14.8 Å². The van der Waals surface area contributed by atoms with Crippen LogP contribution in [0, 0.1) is 11.3 Å². The van der Waals surface area contributed by atoms with E-state index in [0.717, 1.165) is 5.69 Å². The predicted octanol–water partition coefficient (Wildman–Crippen LogP) is 3.94. The van der Waals surface area contributed by atoms with Gasteiger partial charge in [-0.15, -0.1) is 11.3 Å². The van der Waals surface area contributed by atoms with Crippen LogP contribution in [-0.4, -0.2) is 24.6 Å². The van der Waals surface area contributed by atoms with E-state index in [2.05, 4.69) is 24.1 Å². The summed E-state index contributed by atoms with van der Waals surface area (Å²) in [6, 6.07) is 7.03. The molecule has 0 spiro atoms. The molecule has 1 aromatic carbocycles. The maximum Gasteiger partial charge on any atom is 0.226 e. The molecular weight excluding hydrogens is 338 g/mol. The molecule has 0 radical (unpaired) electrons. The fourth-order valence-corrected chi connectivity index (χ4v) is 2.95. The number of hydrogen-bond acceptors (Lipinski definition) is 6. The molecule has 0 unspecified atom stereocenters. The van der Waals surface area contributed by atoms with E-state index in [9.17, 15) is 4.79 Å². The Kier molecular flexibility index (Phi) is 6.78. The number of nitrogens with one attached hydrogen (secondary N) is 1. The van der Waals surface area contributed by atoms with Gasteiger partial charge < -0.3 is 14.8 Å². The first-order valence-corrected chi connectivity index (χ1v) is 8.87. The largest absolute Gasteiger partial charge is 0.493 e. The minimum atomic E-state index is -0.0833. The van der Waals surface area contributed by atoms with Crippen LogP contribution in [0.25, 0.3) is 0 Å². The topological polar surface area (TPSA) is 84.2 Å². The fraction of sp³-hybridized carbons (Fsp3) is 0.389. The van der Waals surface area contributed by atoms with Crippen LogP contribution in [0.1, 0.15) is 43.9 Å². The van der Waals surface area contributed by atoms with Gasteiger partial charge in [-0.25, -0.2) is 4.98 Å². The van der Waals surface area contributed by atoms with E-state index in [0.29, 0.717) is 47.6 Å². The van der Waals surface area contributed by atoms with Crippen LogP contribution in [0.4, 0.5) is 5.13 Å². The van der Waals surface area contributed by atoms with Crippen LogP contribution in [0.5, 0.6) is 11.5 Å². The molecule has 0 atom stereocenters. The van der Waals surface area contributed by atoms with Crippen molar-refractivity contribution < 1.29 is 14.3 Å². The van der Waals surface area contributed by atoms with Crippen molar-refractivity contribution in [3.05, 3.63) is 34.8 Å². The predicted molar refractivity (Wildman–Crippen MR) is 97.3 cm³/mol. The van der Waals surface area contributed by atoms with E-state index >= 15 is 0 Å². The minimum absolute atomic E-state index is 0.0833. The van der Waals surface area contributed by atoms with Crippen LogP contribution >= 0.6 is 11.3 Å². The van der Waals surface area contributed by atoms with Crippen molar-refractivity contribution >= 4 is 22.4 Å². The average Bonchev–Trinajstić information content (AvgIpc) is 3.07. The number of anilines is 1. The summed E-state index contributed by atoms with van der Waals surface area (Å²) in [6.45, 7) is 4.51. The zero-order valence-corrected chi connectivity index (χ0v) is 15.4. The Labute approximate surface area is 151 Å². The first-order chi connectivity index (χ1) is 12.0. The molecule has 0 saturated heterocycles. The van der Waals surface area contributed by atoms with Crippen molar-refractivity contribution in [2.45, 2.75) is 32.6 Å². The number of thiazole rings is 1. The average molecular weight is 359 g/mol. The number of ether oxygens (including phenoxy) is 2. The Morgan fingerprint density at radius 3 is 2.84 bits per heavy atom. The van der Waals surface area contributed by atoms with Gasteiger partial charge in [0.2, 0.25) is 5.91 Å². The molecule has 6 nitrogen and oxygen atoms in total. The molecule has 0 aliphatic heterocycles. The summed E-state index contributed by atoms with van der Waals surface area (Å²) >= 11 is 1.43. The minimum Gasteiger partial charge on any atom is -0.493 e. The Balaban J connectivity index is 1.77. The highest BCUT2D eigenvalue weighted by Gasteiger charge is 2.10. The van der Waals surface area contributed by atoms with Gasteiger partial charge in [0, 0.05) is 17.9 Å². The van der Waals surface area contributed by atoms with Crippen molar-refractivity contribution in [1.29, 1.82) is 5.26 Å². The Hall–Kier alpha value is -2.59. The number of rotatable bonds is 8. The molecule has 1 amide bonds. The zero-order chi connectivity index (χ0) is 18.2. The molecule has 1 N–H and O–H groups in total. The van der Waals surface area contributed by atoms with Gasteiger partial charge in [-0.2, -0.15) is 5.26 Å². The highest BCUT2D eigenvalue weighted by molar-refractivity contribution is 7.13. The van der Waals surface area contributed by atoms with Crippen LogP contribution in [0.2, 0.25) is 0 Å². The molecule has 0 aliphatic carbocycles. The number of nitriles is 1. The van der Waals surface area contributed by atoms with Gasteiger partial charge in [0.25, 0.3) is 0 Å². The smallest absolute Gasteiger partial charge is 0.226 e. The lowest BCUT2D eigenvalue weighted by Gasteiger charge is -2.10. The number of methoxy groups -OCH3 is 1. The highest BCUT2D eigenvalue weighted by atomic mass is 32.1. The number of amides is 1. The summed E-state index contributed by atoms with van der Waals surface area (Å²) in [5.41, 5.74) is 1.49. The third kappa shape index (κ3) is 5.47. The van der Waals surface area contributed by atoms with Crippen LogP contribution in [0.3, 0.4) is 0 Å². The summed E-state index contributed by atoms with van der Waals surface area (Å²) in [4.78, 5) is 16.3. The van der Waals surface area contributed by atoms with E-state index in [4.69, 9.17) is 14.7 Å². The molecule has 0 bridgehead atoms. The van der Waals surface area contributed by atoms with Crippen molar-refractivity contribution in [3.8, 4) is 17.6 Å². The maximum atomic E-state index is 11.9. The molecular formula is C18H21N3O3S. The fourth-order valence-electron chi connectivity index (χ4n) is 2.06. The van der Waals surface area contributed by atoms with Gasteiger partial charge in [-0.05, 0) is 24.5 Å². The molecule has 1 heterocycles. The van der Waals surface area contributed by atoms with Crippen LogP contribution in [0.15, 0.2) is 23.6 Å². The monoisotopic (exact) mass is 359 g/mol. The Morgan fingerprint density at radius 1 is 1.40 bits per heavy atom. The quantitative estimate of drug-likeness (QED) is 0.722. The number of hydrogen-bond donors (Lipinski definition) is 1. The molecule has 0 aliphatic rings. The first-order valence-electron chi connectivity index (χ1n) is 7.99. The Morgan fingerprint density at radius 2 is 2.20 bits per heavy atom. The molecule has 1 aromatic heterocycles. The van der Waals surface area contributed by atoms with E-state index < -0.39 is 0 Å². The maximum absolute atomic E-state index is 11.9. The van der Waals surface area contributed by atoms with E-state index in [1.807, 2.05) is 11.4 Å². The molecule has 2 aromatic rings. The summed E-state index contributed by atoms with van der Waals surface area (Å²) < 4.78 is 10.8.